The molecular weight excluding hydrogens is 253 g/mol. The Morgan fingerprint density at radius 1 is 1.30 bits per heavy atom. The van der Waals surface area contributed by atoms with E-state index in [1.807, 2.05) is 12.1 Å². The first kappa shape index (κ1) is 15.5. The van der Waals surface area contributed by atoms with Gasteiger partial charge in [-0.05, 0) is 43.9 Å². The summed E-state index contributed by atoms with van der Waals surface area (Å²) in [5.74, 6) is -0.130. The fourth-order valence-corrected chi connectivity index (χ4v) is 2.73. The van der Waals surface area contributed by atoms with Crippen molar-refractivity contribution in [2.75, 3.05) is 13.2 Å². The molecule has 1 fully saturated rings. The van der Waals surface area contributed by atoms with Gasteiger partial charge in [0.25, 0.3) is 0 Å². The maximum Gasteiger partial charge on any atom is 0.126 e. The van der Waals surface area contributed by atoms with Crippen LogP contribution < -0.4 is 5.32 Å². The van der Waals surface area contributed by atoms with Gasteiger partial charge in [-0.1, -0.05) is 31.4 Å². The van der Waals surface area contributed by atoms with Gasteiger partial charge in [0.05, 0.1) is 12.7 Å². The zero-order valence-corrected chi connectivity index (χ0v) is 12.6. The molecule has 2 nitrogen and oxygen atoms in total. The second-order valence-corrected chi connectivity index (χ2v) is 5.82. The molecule has 0 heterocycles. The first-order valence-corrected chi connectivity index (χ1v) is 7.78. The van der Waals surface area contributed by atoms with Gasteiger partial charge in [-0.25, -0.2) is 4.39 Å². The number of aryl methyl sites for hydroxylation is 1. The van der Waals surface area contributed by atoms with Crippen LogP contribution in [0.1, 0.15) is 56.2 Å². The number of benzene rings is 1. The highest BCUT2D eigenvalue weighted by atomic mass is 19.1. The number of ether oxygens (including phenoxy) is 1. The lowest BCUT2D eigenvalue weighted by atomic mass is 9.98. The van der Waals surface area contributed by atoms with Gasteiger partial charge >= 0.3 is 0 Å². The van der Waals surface area contributed by atoms with E-state index in [1.54, 1.807) is 13.0 Å². The van der Waals surface area contributed by atoms with Crippen LogP contribution in [0.4, 0.5) is 4.39 Å². The van der Waals surface area contributed by atoms with Gasteiger partial charge in [0.15, 0.2) is 0 Å². The molecule has 0 saturated heterocycles. The van der Waals surface area contributed by atoms with Crippen LogP contribution in [0.15, 0.2) is 18.2 Å². The third-order valence-corrected chi connectivity index (χ3v) is 4.15. The summed E-state index contributed by atoms with van der Waals surface area (Å²) in [6, 6.07) is 5.59. The molecular formula is C17H26FNO. The summed E-state index contributed by atoms with van der Waals surface area (Å²) in [4.78, 5) is 0. The smallest absolute Gasteiger partial charge is 0.126 e. The minimum atomic E-state index is -0.130. The second-order valence-electron chi connectivity index (χ2n) is 5.82. The SMILES string of the molecule is Cc1ccc(C(C)NCCOC2CCCCC2)cc1F. The minimum absolute atomic E-state index is 0.130. The molecule has 1 atom stereocenters. The fourth-order valence-electron chi connectivity index (χ4n) is 2.73. The largest absolute Gasteiger partial charge is 0.377 e. The van der Waals surface area contributed by atoms with Crippen LogP contribution in [0.5, 0.6) is 0 Å². The Balaban J connectivity index is 1.69. The number of rotatable bonds is 6. The van der Waals surface area contributed by atoms with Crippen molar-refractivity contribution in [3.8, 4) is 0 Å². The van der Waals surface area contributed by atoms with E-state index in [4.69, 9.17) is 4.74 Å². The van der Waals surface area contributed by atoms with Gasteiger partial charge in [0.2, 0.25) is 0 Å². The highest BCUT2D eigenvalue weighted by molar-refractivity contribution is 5.25. The molecule has 112 valence electrons. The molecule has 2 rings (SSSR count). The first-order chi connectivity index (χ1) is 9.66. The van der Waals surface area contributed by atoms with Crippen LogP contribution in [0.25, 0.3) is 0 Å². The summed E-state index contributed by atoms with van der Waals surface area (Å²) in [5.41, 5.74) is 1.69. The van der Waals surface area contributed by atoms with Gasteiger partial charge in [-0.2, -0.15) is 0 Å². The van der Waals surface area contributed by atoms with Crippen LogP contribution in [0.2, 0.25) is 0 Å². The first-order valence-electron chi connectivity index (χ1n) is 7.78. The van der Waals surface area contributed by atoms with Crippen molar-refractivity contribution in [1.29, 1.82) is 0 Å². The average molecular weight is 279 g/mol. The maximum absolute atomic E-state index is 13.5. The van der Waals surface area contributed by atoms with Crippen LogP contribution >= 0.6 is 0 Å². The van der Waals surface area contributed by atoms with Crippen molar-refractivity contribution in [3.63, 3.8) is 0 Å². The van der Waals surface area contributed by atoms with Crippen LogP contribution in [0.3, 0.4) is 0 Å². The number of hydrogen-bond donors (Lipinski definition) is 1. The zero-order chi connectivity index (χ0) is 14.4. The summed E-state index contributed by atoms with van der Waals surface area (Å²) >= 11 is 0. The van der Waals surface area contributed by atoms with Crippen LogP contribution in [0, 0.1) is 12.7 Å². The standard InChI is InChI=1S/C17H26FNO/c1-13-8-9-15(12-17(13)18)14(2)19-10-11-20-16-6-4-3-5-7-16/h8-9,12,14,16,19H,3-7,10-11H2,1-2H3. The van der Waals surface area contributed by atoms with E-state index in [-0.39, 0.29) is 11.9 Å². The lowest BCUT2D eigenvalue weighted by molar-refractivity contribution is 0.0295. The summed E-state index contributed by atoms with van der Waals surface area (Å²) in [6.07, 6.45) is 6.83. The normalized spacial score (nSPS) is 18.1. The van der Waals surface area contributed by atoms with Crippen molar-refractivity contribution >= 4 is 0 Å². The summed E-state index contributed by atoms with van der Waals surface area (Å²) in [7, 11) is 0. The van der Waals surface area contributed by atoms with E-state index in [2.05, 4.69) is 12.2 Å². The Labute approximate surface area is 121 Å². The van der Waals surface area contributed by atoms with Crippen molar-refractivity contribution in [1.82, 2.24) is 5.32 Å². The molecule has 0 bridgehead atoms. The Morgan fingerprint density at radius 3 is 2.75 bits per heavy atom. The number of hydrogen-bond acceptors (Lipinski definition) is 2. The third-order valence-electron chi connectivity index (χ3n) is 4.15. The summed E-state index contributed by atoms with van der Waals surface area (Å²) < 4.78 is 19.4. The molecule has 1 aliphatic carbocycles. The third kappa shape index (κ3) is 4.57. The molecule has 20 heavy (non-hydrogen) atoms. The predicted octanol–water partition coefficient (Wildman–Crippen LogP) is 4.13. The molecule has 1 aromatic carbocycles. The van der Waals surface area contributed by atoms with E-state index in [0.717, 1.165) is 18.7 Å². The molecule has 1 saturated carbocycles. The molecule has 0 aliphatic heterocycles. The number of nitrogens with one attached hydrogen (secondary N) is 1. The Bertz CT molecular complexity index is 415. The molecule has 0 radical (unpaired) electrons. The van der Waals surface area contributed by atoms with E-state index in [9.17, 15) is 4.39 Å². The van der Waals surface area contributed by atoms with E-state index >= 15 is 0 Å². The number of halogens is 1. The molecule has 0 aromatic heterocycles. The minimum Gasteiger partial charge on any atom is -0.377 e. The summed E-state index contributed by atoms with van der Waals surface area (Å²) in [5, 5.41) is 3.39. The van der Waals surface area contributed by atoms with E-state index in [0.29, 0.717) is 11.7 Å². The average Bonchev–Trinajstić information content (AvgIpc) is 2.47. The van der Waals surface area contributed by atoms with Gasteiger partial charge in [0.1, 0.15) is 5.82 Å². The highest BCUT2D eigenvalue weighted by Crippen LogP contribution is 2.20. The van der Waals surface area contributed by atoms with E-state index in [1.165, 1.54) is 32.1 Å². The van der Waals surface area contributed by atoms with E-state index < -0.39 is 0 Å². The van der Waals surface area contributed by atoms with Crippen molar-refractivity contribution in [3.05, 3.63) is 35.1 Å². The topological polar surface area (TPSA) is 21.3 Å². The quantitative estimate of drug-likeness (QED) is 0.790. The second kappa shape index (κ2) is 7.75. The molecule has 1 unspecified atom stereocenters. The van der Waals surface area contributed by atoms with Crippen molar-refractivity contribution < 1.29 is 9.13 Å². The molecule has 1 aromatic rings. The van der Waals surface area contributed by atoms with Gasteiger partial charge in [0, 0.05) is 12.6 Å². The monoisotopic (exact) mass is 279 g/mol. The Hall–Kier alpha value is -0.930. The Kier molecular flexibility index (Phi) is 5.99. The zero-order valence-electron chi connectivity index (χ0n) is 12.6. The molecule has 3 heteroatoms. The van der Waals surface area contributed by atoms with Crippen molar-refractivity contribution in [2.24, 2.45) is 0 Å². The molecule has 0 spiro atoms. The molecule has 0 amide bonds. The fraction of sp³-hybridized carbons (Fsp3) is 0.647. The maximum atomic E-state index is 13.5. The lowest BCUT2D eigenvalue weighted by Crippen LogP contribution is -2.26. The van der Waals surface area contributed by atoms with Gasteiger partial charge in [-0.15, -0.1) is 0 Å². The lowest BCUT2D eigenvalue weighted by Gasteiger charge is -2.22. The molecule has 1 N–H and O–H groups in total. The highest BCUT2D eigenvalue weighted by Gasteiger charge is 2.13. The van der Waals surface area contributed by atoms with Gasteiger partial charge < -0.3 is 10.1 Å². The van der Waals surface area contributed by atoms with Crippen LogP contribution in [-0.2, 0) is 4.74 Å². The van der Waals surface area contributed by atoms with Gasteiger partial charge in [-0.3, -0.25) is 0 Å². The van der Waals surface area contributed by atoms with Crippen molar-refractivity contribution in [2.45, 2.75) is 58.1 Å². The molecule has 1 aliphatic rings. The van der Waals surface area contributed by atoms with Crippen LogP contribution in [-0.4, -0.2) is 19.3 Å². The Morgan fingerprint density at radius 2 is 2.05 bits per heavy atom. The summed E-state index contributed by atoms with van der Waals surface area (Å²) in [6.45, 7) is 5.40. The predicted molar refractivity (Wildman–Crippen MR) is 80.4 cm³/mol.